The number of aliphatic hydroxyl groups is 1. The Morgan fingerprint density at radius 2 is 1.81 bits per heavy atom. The molecular formula is C22H31NO4. The first-order chi connectivity index (χ1) is 12.6. The molecule has 1 aromatic carbocycles. The predicted molar refractivity (Wildman–Crippen MR) is 106 cm³/mol. The Morgan fingerprint density at radius 1 is 1.22 bits per heavy atom. The van der Waals surface area contributed by atoms with E-state index < -0.39 is 23.1 Å². The fourth-order valence-corrected chi connectivity index (χ4v) is 3.20. The van der Waals surface area contributed by atoms with E-state index in [0.29, 0.717) is 6.54 Å². The van der Waals surface area contributed by atoms with Crippen molar-refractivity contribution in [1.29, 1.82) is 0 Å². The van der Waals surface area contributed by atoms with Gasteiger partial charge in [0.25, 0.3) is 5.91 Å². The summed E-state index contributed by atoms with van der Waals surface area (Å²) in [5.74, 6) is -0.364. The number of nitrogens with zero attached hydrogens (tertiary/aromatic N) is 1. The van der Waals surface area contributed by atoms with Crippen LogP contribution in [0.4, 0.5) is 0 Å². The van der Waals surface area contributed by atoms with Crippen molar-refractivity contribution in [3.8, 4) is 5.75 Å². The van der Waals surface area contributed by atoms with E-state index >= 15 is 0 Å². The minimum Gasteiger partial charge on any atom is -0.503 e. The van der Waals surface area contributed by atoms with Gasteiger partial charge in [0.1, 0.15) is 5.75 Å². The van der Waals surface area contributed by atoms with E-state index in [9.17, 15) is 14.7 Å². The minimum atomic E-state index is -0.691. The zero-order valence-electron chi connectivity index (χ0n) is 17.2. The number of ketones is 1. The third-order valence-corrected chi connectivity index (χ3v) is 4.55. The Labute approximate surface area is 162 Å². The van der Waals surface area contributed by atoms with Gasteiger partial charge in [-0.25, -0.2) is 0 Å². The summed E-state index contributed by atoms with van der Waals surface area (Å²) in [6, 6.07) is 6.84. The van der Waals surface area contributed by atoms with Crippen LogP contribution in [0.25, 0.3) is 0 Å². The lowest BCUT2D eigenvalue weighted by atomic mass is 9.82. The van der Waals surface area contributed by atoms with E-state index in [-0.39, 0.29) is 17.5 Å². The van der Waals surface area contributed by atoms with Crippen LogP contribution in [0.2, 0.25) is 0 Å². The van der Waals surface area contributed by atoms with Crippen LogP contribution in [0.3, 0.4) is 0 Å². The molecule has 1 aliphatic rings. The van der Waals surface area contributed by atoms with E-state index in [0.717, 1.165) is 24.2 Å². The fourth-order valence-electron chi connectivity index (χ4n) is 3.20. The lowest BCUT2D eigenvalue weighted by Gasteiger charge is -2.29. The maximum Gasteiger partial charge on any atom is 0.290 e. The second-order valence-corrected chi connectivity index (χ2v) is 8.33. The van der Waals surface area contributed by atoms with Crippen LogP contribution in [0, 0.1) is 5.41 Å². The van der Waals surface area contributed by atoms with Gasteiger partial charge >= 0.3 is 0 Å². The Kier molecular flexibility index (Phi) is 6.34. The van der Waals surface area contributed by atoms with Crippen LogP contribution < -0.4 is 4.74 Å². The summed E-state index contributed by atoms with van der Waals surface area (Å²) in [7, 11) is 0. The Hall–Kier alpha value is -2.30. The van der Waals surface area contributed by atoms with Gasteiger partial charge in [0, 0.05) is 12.0 Å². The van der Waals surface area contributed by atoms with Gasteiger partial charge in [-0.3, -0.25) is 9.59 Å². The van der Waals surface area contributed by atoms with Gasteiger partial charge < -0.3 is 14.7 Å². The molecule has 1 unspecified atom stereocenters. The fraction of sp³-hybridized carbons (Fsp3) is 0.545. The smallest absolute Gasteiger partial charge is 0.290 e. The van der Waals surface area contributed by atoms with Gasteiger partial charge in [-0.15, -0.1) is 0 Å². The molecule has 0 bridgehead atoms. The first-order valence-corrected chi connectivity index (χ1v) is 9.63. The van der Waals surface area contributed by atoms with Gasteiger partial charge in [0.15, 0.2) is 11.5 Å². The molecule has 1 N–H and O–H groups in total. The highest BCUT2D eigenvalue weighted by Crippen LogP contribution is 2.41. The summed E-state index contributed by atoms with van der Waals surface area (Å²) in [6.07, 6.45) is 1.79. The third-order valence-electron chi connectivity index (χ3n) is 4.55. The third kappa shape index (κ3) is 4.52. The molecule has 1 aliphatic heterocycles. The molecule has 0 spiro atoms. The van der Waals surface area contributed by atoms with Crippen LogP contribution >= 0.6 is 0 Å². The highest BCUT2D eigenvalue weighted by Gasteiger charge is 2.45. The van der Waals surface area contributed by atoms with Gasteiger partial charge in [-0.1, -0.05) is 46.2 Å². The number of rotatable bonds is 7. The number of benzene rings is 1. The van der Waals surface area contributed by atoms with Gasteiger partial charge in [-0.2, -0.15) is 0 Å². The maximum atomic E-state index is 13.0. The molecule has 1 aromatic rings. The summed E-state index contributed by atoms with van der Waals surface area (Å²) >= 11 is 0. The van der Waals surface area contributed by atoms with E-state index in [1.807, 2.05) is 45.0 Å². The number of aliphatic hydroxyl groups excluding tert-OH is 1. The average Bonchev–Trinajstić information content (AvgIpc) is 2.83. The standard InChI is InChI=1S/C22H31NO4/c1-7-8-13-23-18(15-9-11-16(12-10-15)27-14(2)3)17(19(24)21(23)26)20(25)22(4,5)6/h9-12,14,18,24H,7-8,13H2,1-6H3. The number of hydrogen-bond acceptors (Lipinski definition) is 4. The van der Waals surface area contributed by atoms with E-state index in [1.165, 1.54) is 0 Å². The lowest BCUT2D eigenvalue weighted by molar-refractivity contribution is -0.129. The second kappa shape index (κ2) is 8.15. The summed E-state index contributed by atoms with van der Waals surface area (Å²) in [4.78, 5) is 27.3. The van der Waals surface area contributed by atoms with Crippen molar-refractivity contribution in [3.63, 3.8) is 0 Å². The molecule has 1 heterocycles. The number of ether oxygens (including phenoxy) is 1. The van der Waals surface area contributed by atoms with Gasteiger partial charge in [-0.05, 0) is 38.0 Å². The van der Waals surface area contributed by atoms with Crippen molar-refractivity contribution in [2.45, 2.75) is 66.5 Å². The summed E-state index contributed by atoms with van der Waals surface area (Å²) in [5, 5.41) is 10.5. The SMILES string of the molecule is CCCCN1C(=O)C(O)=C(C(=O)C(C)(C)C)C1c1ccc(OC(C)C)cc1. The van der Waals surface area contributed by atoms with Crippen LogP contribution in [0.15, 0.2) is 35.6 Å². The number of carbonyl (C=O) groups is 2. The molecule has 0 aliphatic carbocycles. The molecule has 0 saturated carbocycles. The number of amides is 1. The molecule has 0 fully saturated rings. The predicted octanol–water partition coefficient (Wildman–Crippen LogP) is 4.58. The Balaban J connectivity index is 2.47. The van der Waals surface area contributed by atoms with Crippen molar-refractivity contribution in [1.82, 2.24) is 4.90 Å². The van der Waals surface area contributed by atoms with Gasteiger partial charge in [0.2, 0.25) is 0 Å². The largest absolute Gasteiger partial charge is 0.503 e. The number of carbonyl (C=O) groups excluding carboxylic acids is 2. The summed E-state index contributed by atoms with van der Waals surface area (Å²) < 4.78 is 5.69. The van der Waals surface area contributed by atoms with E-state index in [1.54, 1.807) is 25.7 Å². The Morgan fingerprint density at radius 3 is 2.30 bits per heavy atom. The van der Waals surface area contributed by atoms with E-state index in [2.05, 4.69) is 0 Å². The molecule has 0 radical (unpaired) electrons. The summed E-state index contributed by atoms with van der Waals surface area (Å²) in [5.41, 5.74) is 0.303. The number of Topliss-reactive ketones (excluding diaryl/α,β-unsaturated/α-hetero) is 1. The van der Waals surface area contributed by atoms with Crippen molar-refractivity contribution >= 4 is 11.7 Å². The van der Waals surface area contributed by atoms with E-state index in [4.69, 9.17) is 4.74 Å². The van der Waals surface area contributed by atoms with Crippen molar-refractivity contribution in [3.05, 3.63) is 41.2 Å². The lowest BCUT2D eigenvalue weighted by Crippen LogP contribution is -2.33. The van der Waals surface area contributed by atoms with Crippen molar-refractivity contribution < 1.29 is 19.4 Å². The summed E-state index contributed by atoms with van der Waals surface area (Å²) in [6.45, 7) is 11.8. The topological polar surface area (TPSA) is 66.8 Å². The number of hydrogen-bond donors (Lipinski definition) is 1. The zero-order chi connectivity index (χ0) is 20.4. The highest BCUT2D eigenvalue weighted by atomic mass is 16.5. The molecule has 5 nitrogen and oxygen atoms in total. The first-order valence-electron chi connectivity index (χ1n) is 9.63. The maximum absolute atomic E-state index is 13.0. The Bertz CT molecular complexity index is 726. The number of unbranched alkanes of at least 4 members (excludes halogenated alkanes) is 1. The normalized spacial score (nSPS) is 17.8. The van der Waals surface area contributed by atoms with Crippen LogP contribution in [0.5, 0.6) is 5.75 Å². The van der Waals surface area contributed by atoms with Crippen molar-refractivity contribution in [2.75, 3.05) is 6.54 Å². The minimum absolute atomic E-state index is 0.0620. The molecule has 27 heavy (non-hydrogen) atoms. The molecule has 2 rings (SSSR count). The molecule has 5 heteroatoms. The molecule has 148 valence electrons. The van der Waals surface area contributed by atoms with Crippen molar-refractivity contribution in [2.24, 2.45) is 5.41 Å². The monoisotopic (exact) mass is 373 g/mol. The van der Waals surface area contributed by atoms with Gasteiger partial charge in [0.05, 0.1) is 17.7 Å². The molecule has 1 amide bonds. The second-order valence-electron chi connectivity index (χ2n) is 8.33. The quantitative estimate of drug-likeness (QED) is 0.759. The molecule has 1 atom stereocenters. The highest BCUT2D eigenvalue weighted by molar-refractivity contribution is 6.10. The molecule has 0 aromatic heterocycles. The molecular weight excluding hydrogens is 342 g/mol. The van der Waals surface area contributed by atoms with Crippen LogP contribution in [-0.2, 0) is 9.59 Å². The van der Waals surface area contributed by atoms with Crippen LogP contribution in [-0.4, -0.2) is 34.3 Å². The first kappa shape index (κ1) is 21.0. The van der Waals surface area contributed by atoms with Crippen LogP contribution in [0.1, 0.15) is 66.0 Å². The molecule has 0 saturated heterocycles. The average molecular weight is 373 g/mol. The zero-order valence-corrected chi connectivity index (χ0v) is 17.2.